The second kappa shape index (κ2) is 5.04. The molecule has 0 N–H and O–H groups in total. The Balaban J connectivity index is 1.77. The van der Waals surface area contributed by atoms with Crippen molar-refractivity contribution in [3.8, 4) is 0 Å². The summed E-state index contributed by atoms with van der Waals surface area (Å²) >= 11 is 0. The molecule has 0 saturated carbocycles. The second-order valence-electron chi connectivity index (χ2n) is 6.74. The maximum Gasteiger partial charge on any atom is 0.315 e. The number of hydrogen-bond donors (Lipinski definition) is 0. The molecule has 2 heterocycles. The molecule has 0 saturated heterocycles. The standard InChI is InChI=1S/C22H8F4O2/c23-19-15-5-9-1-3-11-12(13(9)7-17(15)27-21(19)25)4-2-10-6-16-18(8-14(10)11)28-22(26)20(16)24/h1-8H. The van der Waals surface area contributed by atoms with Gasteiger partial charge in [0.05, 0.1) is 10.8 Å². The third-order valence-electron chi connectivity index (χ3n) is 5.25. The SMILES string of the molecule is Fc1oc2cc3c(ccc4c5cc6oc(F)c(F)c6cc5ccc34)cc2c1F. The summed E-state index contributed by atoms with van der Waals surface area (Å²) in [7, 11) is 0. The monoisotopic (exact) mass is 380 g/mol. The highest BCUT2D eigenvalue weighted by Crippen LogP contribution is 2.37. The van der Waals surface area contributed by atoms with Crippen molar-refractivity contribution in [1.82, 2.24) is 0 Å². The van der Waals surface area contributed by atoms with E-state index in [4.69, 9.17) is 8.83 Å². The quantitative estimate of drug-likeness (QED) is 0.206. The summed E-state index contributed by atoms with van der Waals surface area (Å²) in [5, 5.41) is 4.72. The maximum absolute atomic E-state index is 13.9. The van der Waals surface area contributed by atoms with Crippen LogP contribution in [0.4, 0.5) is 17.6 Å². The highest BCUT2D eigenvalue weighted by Gasteiger charge is 2.17. The van der Waals surface area contributed by atoms with Crippen molar-refractivity contribution in [3.63, 3.8) is 0 Å². The summed E-state index contributed by atoms with van der Waals surface area (Å²) in [5.41, 5.74) is 0.224. The van der Waals surface area contributed by atoms with Gasteiger partial charge in [-0.15, -0.1) is 0 Å². The van der Waals surface area contributed by atoms with Crippen molar-refractivity contribution in [2.75, 3.05) is 0 Å². The normalized spacial score (nSPS) is 12.3. The number of rotatable bonds is 0. The third kappa shape index (κ3) is 1.87. The summed E-state index contributed by atoms with van der Waals surface area (Å²) in [5.74, 6) is -2.03. The summed E-state index contributed by atoms with van der Waals surface area (Å²) in [6, 6.07) is 11.0. The van der Waals surface area contributed by atoms with Crippen LogP contribution in [-0.4, -0.2) is 0 Å². The fourth-order valence-corrected chi connectivity index (χ4v) is 3.94. The van der Waals surface area contributed by atoms with E-state index in [0.717, 1.165) is 32.3 Å². The molecule has 6 rings (SSSR count). The van der Waals surface area contributed by atoms with E-state index in [1.54, 1.807) is 24.3 Å². The lowest BCUT2D eigenvalue weighted by Gasteiger charge is -2.08. The molecule has 6 heteroatoms. The van der Waals surface area contributed by atoms with Crippen LogP contribution in [0.1, 0.15) is 0 Å². The zero-order chi connectivity index (χ0) is 19.2. The molecule has 136 valence electrons. The minimum Gasteiger partial charge on any atom is -0.429 e. The minimum atomic E-state index is -1.25. The molecule has 0 fully saturated rings. The van der Waals surface area contributed by atoms with Crippen LogP contribution in [0, 0.1) is 23.7 Å². The molecule has 0 bridgehead atoms. The Bertz CT molecular complexity index is 1490. The van der Waals surface area contributed by atoms with Crippen LogP contribution in [0.2, 0.25) is 0 Å². The van der Waals surface area contributed by atoms with Crippen LogP contribution >= 0.6 is 0 Å². The number of furan rings is 2. The summed E-state index contributed by atoms with van der Waals surface area (Å²) < 4.78 is 64.4. The van der Waals surface area contributed by atoms with Crippen molar-refractivity contribution in [2.45, 2.75) is 0 Å². The first-order valence-electron chi connectivity index (χ1n) is 8.45. The molecule has 0 atom stereocenters. The van der Waals surface area contributed by atoms with E-state index in [1.807, 2.05) is 12.1 Å². The molecule has 28 heavy (non-hydrogen) atoms. The van der Waals surface area contributed by atoms with Crippen LogP contribution in [-0.2, 0) is 0 Å². The van der Waals surface area contributed by atoms with Gasteiger partial charge < -0.3 is 8.83 Å². The molecule has 0 amide bonds. The number of hydrogen-bond acceptors (Lipinski definition) is 2. The van der Waals surface area contributed by atoms with Gasteiger partial charge in [-0.3, -0.25) is 0 Å². The molecule has 0 aliphatic rings. The highest BCUT2D eigenvalue weighted by atomic mass is 19.2. The molecular formula is C22H8F4O2. The zero-order valence-electron chi connectivity index (χ0n) is 13.9. The predicted molar refractivity (Wildman–Crippen MR) is 98.3 cm³/mol. The van der Waals surface area contributed by atoms with Gasteiger partial charge in [-0.25, -0.2) is 0 Å². The van der Waals surface area contributed by atoms with Crippen LogP contribution in [0.15, 0.2) is 57.4 Å². The van der Waals surface area contributed by atoms with E-state index < -0.39 is 23.7 Å². The lowest BCUT2D eigenvalue weighted by atomic mass is 9.96. The predicted octanol–water partition coefficient (Wildman–Crippen LogP) is 7.20. The average molecular weight is 380 g/mol. The fraction of sp³-hybridized carbons (Fsp3) is 0. The Kier molecular flexibility index (Phi) is 2.79. The van der Waals surface area contributed by atoms with Gasteiger partial charge in [0.1, 0.15) is 11.2 Å². The van der Waals surface area contributed by atoms with E-state index in [1.165, 1.54) is 12.1 Å². The third-order valence-corrected chi connectivity index (χ3v) is 5.25. The van der Waals surface area contributed by atoms with Gasteiger partial charge in [0.25, 0.3) is 0 Å². The lowest BCUT2D eigenvalue weighted by Crippen LogP contribution is -1.82. The Morgan fingerprint density at radius 2 is 0.893 bits per heavy atom. The summed E-state index contributed by atoms with van der Waals surface area (Å²) in [4.78, 5) is 0. The topological polar surface area (TPSA) is 26.3 Å². The lowest BCUT2D eigenvalue weighted by molar-refractivity contribution is 0.342. The number of fused-ring (bicyclic) bond motifs is 7. The maximum atomic E-state index is 13.9. The van der Waals surface area contributed by atoms with Gasteiger partial charge >= 0.3 is 12.0 Å². The zero-order valence-corrected chi connectivity index (χ0v) is 13.9. The smallest absolute Gasteiger partial charge is 0.315 e. The van der Waals surface area contributed by atoms with Crippen molar-refractivity contribution in [2.24, 2.45) is 0 Å². The van der Waals surface area contributed by atoms with Crippen molar-refractivity contribution >= 4 is 54.3 Å². The Morgan fingerprint density at radius 1 is 0.464 bits per heavy atom. The molecule has 4 aromatic carbocycles. The van der Waals surface area contributed by atoms with E-state index in [9.17, 15) is 17.6 Å². The van der Waals surface area contributed by atoms with E-state index >= 15 is 0 Å². The molecular weight excluding hydrogens is 372 g/mol. The Morgan fingerprint density at radius 3 is 1.32 bits per heavy atom. The summed E-state index contributed by atoms with van der Waals surface area (Å²) in [6.45, 7) is 0. The Hall–Kier alpha value is -3.54. The van der Waals surface area contributed by atoms with Crippen molar-refractivity contribution < 1.29 is 26.4 Å². The molecule has 0 radical (unpaired) electrons. The van der Waals surface area contributed by atoms with Crippen LogP contribution in [0.5, 0.6) is 0 Å². The van der Waals surface area contributed by atoms with Gasteiger partial charge in [-0.1, -0.05) is 24.3 Å². The number of halogens is 4. The van der Waals surface area contributed by atoms with Crippen molar-refractivity contribution in [3.05, 3.63) is 72.2 Å². The molecule has 0 aliphatic carbocycles. The van der Waals surface area contributed by atoms with Gasteiger partial charge in [0, 0.05) is 0 Å². The molecule has 2 nitrogen and oxygen atoms in total. The Labute approximate surface area is 153 Å². The minimum absolute atomic E-state index is 0.0772. The molecule has 0 aliphatic heterocycles. The molecule has 2 aromatic heterocycles. The fourth-order valence-electron chi connectivity index (χ4n) is 3.94. The molecule has 6 aromatic rings. The van der Waals surface area contributed by atoms with Gasteiger partial charge in [0.2, 0.25) is 11.6 Å². The number of benzene rings is 4. The first kappa shape index (κ1) is 15.5. The highest BCUT2D eigenvalue weighted by molar-refractivity contribution is 6.20. The van der Waals surface area contributed by atoms with Gasteiger partial charge in [-0.2, -0.15) is 17.6 Å². The van der Waals surface area contributed by atoms with E-state index in [2.05, 4.69) is 0 Å². The van der Waals surface area contributed by atoms with Crippen LogP contribution in [0.25, 0.3) is 54.3 Å². The summed E-state index contributed by atoms with van der Waals surface area (Å²) in [6.07, 6.45) is 0. The van der Waals surface area contributed by atoms with Gasteiger partial charge in [-0.05, 0) is 56.6 Å². The molecule has 0 spiro atoms. The molecule has 0 unspecified atom stereocenters. The van der Waals surface area contributed by atoms with Crippen LogP contribution < -0.4 is 0 Å². The van der Waals surface area contributed by atoms with Gasteiger partial charge in [0.15, 0.2) is 0 Å². The van der Waals surface area contributed by atoms with E-state index in [0.29, 0.717) is 0 Å². The van der Waals surface area contributed by atoms with E-state index in [-0.39, 0.29) is 21.9 Å². The first-order chi connectivity index (χ1) is 13.5. The van der Waals surface area contributed by atoms with Crippen LogP contribution in [0.3, 0.4) is 0 Å². The van der Waals surface area contributed by atoms with Crippen molar-refractivity contribution in [1.29, 1.82) is 0 Å². The first-order valence-corrected chi connectivity index (χ1v) is 8.45. The second-order valence-corrected chi connectivity index (χ2v) is 6.74. The largest absolute Gasteiger partial charge is 0.429 e. The average Bonchev–Trinajstić information content (AvgIpc) is 3.13.